The Morgan fingerprint density at radius 2 is 1.79 bits per heavy atom. The van der Waals surface area contributed by atoms with E-state index in [-0.39, 0.29) is 6.04 Å². The van der Waals surface area contributed by atoms with Gasteiger partial charge in [0.1, 0.15) is 0 Å². The Morgan fingerprint density at radius 1 is 1.16 bits per heavy atom. The van der Waals surface area contributed by atoms with Crippen LogP contribution in [-0.4, -0.2) is 0 Å². The summed E-state index contributed by atoms with van der Waals surface area (Å²) in [6, 6.07) is 11.5. The van der Waals surface area contributed by atoms with Gasteiger partial charge in [-0.2, -0.15) is 0 Å². The van der Waals surface area contributed by atoms with Crippen molar-refractivity contribution in [3.8, 4) is 0 Å². The maximum Gasteiger partial charge on any atom is 0.0453 e. The fourth-order valence-electron chi connectivity index (χ4n) is 2.00. The quantitative estimate of drug-likeness (QED) is 0.790. The van der Waals surface area contributed by atoms with Gasteiger partial charge >= 0.3 is 0 Å². The number of nitrogens with two attached hydrogens (primary N) is 1. The smallest absolute Gasteiger partial charge is 0.0453 e. The van der Waals surface area contributed by atoms with Gasteiger partial charge in [-0.15, -0.1) is 0 Å². The van der Waals surface area contributed by atoms with Crippen LogP contribution in [0.3, 0.4) is 0 Å². The highest BCUT2D eigenvalue weighted by Crippen LogP contribution is 2.31. The van der Waals surface area contributed by atoms with Crippen LogP contribution in [0.15, 0.2) is 40.9 Å². The molecule has 2 N–H and O–H groups in total. The summed E-state index contributed by atoms with van der Waals surface area (Å²) in [6.07, 6.45) is 0.612. The average Bonchev–Trinajstić information content (AvgIpc) is 2.37. The normalized spacial score (nSPS) is 12.5. The van der Waals surface area contributed by atoms with Gasteiger partial charge in [-0.05, 0) is 42.7 Å². The Labute approximate surface area is 131 Å². The van der Waals surface area contributed by atoms with Gasteiger partial charge in [0.25, 0.3) is 0 Å². The minimum atomic E-state index is -0.147. The molecule has 1 atom stereocenters. The van der Waals surface area contributed by atoms with Crippen LogP contribution in [0.2, 0.25) is 10.0 Å². The molecule has 4 heteroatoms. The molecular weight excluding hydrogens is 345 g/mol. The third kappa shape index (κ3) is 3.51. The van der Waals surface area contributed by atoms with E-state index in [2.05, 4.69) is 22.0 Å². The lowest BCUT2D eigenvalue weighted by Gasteiger charge is -2.16. The lowest BCUT2D eigenvalue weighted by molar-refractivity contribution is 0.718. The van der Waals surface area contributed by atoms with Crippen molar-refractivity contribution in [2.24, 2.45) is 5.73 Å². The van der Waals surface area contributed by atoms with Crippen molar-refractivity contribution in [3.63, 3.8) is 0 Å². The van der Waals surface area contributed by atoms with Crippen molar-refractivity contribution < 1.29 is 0 Å². The van der Waals surface area contributed by atoms with Crippen molar-refractivity contribution >= 4 is 39.1 Å². The third-order valence-corrected chi connectivity index (χ3v) is 4.47. The SMILES string of the molecule is Cc1ccc(Br)c(C(N)Cc2c(Cl)cccc2Cl)c1. The van der Waals surface area contributed by atoms with E-state index >= 15 is 0 Å². The van der Waals surface area contributed by atoms with Gasteiger partial charge in [0.2, 0.25) is 0 Å². The number of hydrogen-bond donors (Lipinski definition) is 1. The Kier molecular flexibility index (Phi) is 4.91. The maximum absolute atomic E-state index is 6.29. The molecule has 0 fully saturated rings. The summed E-state index contributed by atoms with van der Waals surface area (Å²) >= 11 is 15.9. The first-order chi connectivity index (χ1) is 8.99. The lowest BCUT2D eigenvalue weighted by atomic mass is 9.98. The van der Waals surface area contributed by atoms with Crippen LogP contribution in [0.1, 0.15) is 22.7 Å². The highest BCUT2D eigenvalue weighted by molar-refractivity contribution is 9.10. The number of hydrogen-bond acceptors (Lipinski definition) is 1. The number of rotatable bonds is 3. The predicted octanol–water partition coefficient (Wildman–Crippen LogP) is 5.31. The highest BCUT2D eigenvalue weighted by atomic mass is 79.9. The molecule has 2 aromatic rings. The fourth-order valence-corrected chi connectivity index (χ4v) is 3.10. The molecule has 1 nitrogen and oxygen atoms in total. The van der Waals surface area contributed by atoms with Crippen LogP contribution >= 0.6 is 39.1 Å². The first kappa shape index (κ1) is 14.9. The van der Waals surface area contributed by atoms with E-state index in [9.17, 15) is 0 Å². The molecule has 2 aromatic carbocycles. The minimum absolute atomic E-state index is 0.147. The maximum atomic E-state index is 6.29. The largest absolute Gasteiger partial charge is 0.324 e. The van der Waals surface area contributed by atoms with Gasteiger partial charge in [0, 0.05) is 20.6 Å². The summed E-state index contributed by atoms with van der Waals surface area (Å²) in [5.74, 6) is 0. The molecule has 2 rings (SSSR count). The van der Waals surface area contributed by atoms with Crippen molar-refractivity contribution in [2.75, 3.05) is 0 Å². The van der Waals surface area contributed by atoms with E-state index in [1.54, 1.807) is 0 Å². The van der Waals surface area contributed by atoms with E-state index < -0.39 is 0 Å². The standard InChI is InChI=1S/C15H14BrCl2N/c1-9-5-6-12(16)10(7-9)15(19)8-11-13(17)3-2-4-14(11)18/h2-7,15H,8,19H2,1H3. The van der Waals surface area contributed by atoms with E-state index in [1.807, 2.05) is 37.3 Å². The van der Waals surface area contributed by atoms with Crippen LogP contribution in [0, 0.1) is 6.92 Å². The molecule has 0 amide bonds. The molecule has 0 aromatic heterocycles. The molecule has 0 aliphatic heterocycles. The third-order valence-electron chi connectivity index (χ3n) is 3.04. The van der Waals surface area contributed by atoms with Gasteiger partial charge in [-0.1, -0.05) is 62.9 Å². The van der Waals surface area contributed by atoms with Gasteiger partial charge in [0.15, 0.2) is 0 Å². The summed E-state index contributed by atoms with van der Waals surface area (Å²) < 4.78 is 1.01. The monoisotopic (exact) mass is 357 g/mol. The average molecular weight is 359 g/mol. The molecule has 0 spiro atoms. The van der Waals surface area contributed by atoms with Gasteiger partial charge < -0.3 is 5.73 Å². The van der Waals surface area contributed by atoms with Crippen molar-refractivity contribution in [1.29, 1.82) is 0 Å². The van der Waals surface area contributed by atoms with E-state index in [1.165, 1.54) is 5.56 Å². The Morgan fingerprint density at radius 3 is 2.42 bits per heavy atom. The molecule has 0 bridgehead atoms. The van der Waals surface area contributed by atoms with Crippen LogP contribution in [0.4, 0.5) is 0 Å². The summed E-state index contributed by atoms with van der Waals surface area (Å²) in [4.78, 5) is 0. The molecule has 19 heavy (non-hydrogen) atoms. The molecule has 1 unspecified atom stereocenters. The number of halogens is 3. The van der Waals surface area contributed by atoms with E-state index in [0.29, 0.717) is 16.5 Å². The van der Waals surface area contributed by atoms with E-state index in [0.717, 1.165) is 15.6 Å². The summed E-state index contributed by atoms with van der Waals surface area (Å²) in [5.41, 5.74) is 9.43. The minimum Gasteiger partial charge on any atom is -0.324 e. The molecule has 0 heterocycles. The zero-order chi connectivity index (χ0) is 14.0. The number of aryl methyl sites for hydroxylation is 1. The molecule has 0 saturated carbocycles. The van der Waals surface area contributed by atoms with Gasteiger partial charge in [-0.25, -0.2) is 0 Å². The Bertz CT molecular complexity index is 578. The fraction of sp³-hybridized carbons (Fsp3) is 0.200. The van der Waals surface area contributed by atoms with Crippen LogP contribution < -0.4 is 5.73 Å². The molecule has 100 valence electrons. The van der Waals surface area contributed by atoms with Crippen molar-refractivity contribution in [1.82, 2.24) is 0 Å². The Balaban J connectivity index is 2.31. The highest BCUT2D eigenvalue weighted by Gasteiger charge is 2.14. The Hall–Kier alpha value is -0.540. The lowest BCUT2D eigenvalue weighted by Crippen LogP contribution is -2.14. The van der Waals surface area contributed by atoms with Crippen molar-refractivity contribution in [3.05, 3.63) is 67.6 Å². The molecule has 0 aliphatic carbocycles. The first-order valence-corrected chi connectivity index (χ1v) is 7.48. The van der Waals surface area contributed by atoms with Crippen LogP contribution in [0.5, 0.6) is 0 Å². The van der Waals surface area contributed by atoms with Crippen molar-refractivity contribution in [2.45, 2.75) is 19.4 Å². The summed E-state index contributed by atoms with van der Waals surface area (Å²) in [6.45, 7) is 2.05. The van der Waals surface area contributed by atoms with Crippen LogP contribution in [-0.2, 0) is 6.42 Å². The molecule has 0 aliphatic rings. The molecular formula is C15H14BrCl2N. The second-order valence-electron chi connectivity index (χ2n) is 4.54. The zero-order valence-corrected chi connectivity index (χ0v) is 13.6. The molecule has 0 radical (unpaired) electrons. The zero-order valence-electron chi connectivity index (χ0n) is 10.5. The first-order valence-electron chi connectivity index (χ1n) is 5.93. The number of benzene rings is 2. The predicted molar refractivity (Wildman–Crippen MR) is 86.0 cm³/mol. The van der Waals surface area contributed by atoms with Gasteiger partial charge in [0.05, 0.1) is 0 Å². The van der Waals surface area contributed by atoms with Crippen LogP contribution in [0.25, 0.3) is 0 Å². The summed E-state index contributed by atoms with van der Waals surface area (Å²) in [5, 5.41) is 1.32. The van der Waals surface area contributed by atoms with Gasteiger partial charge in [-0.3, -0.25) is 0 Å². The second-order valence-corrected chi connectivity index (χ2v) is 6.20. The van der Waals surface area contributed by atoms with E-state index in [4.69, 9.17) is 28.9 Å². The molecule has 0 saturated heterocycles. The second kappa shape index (κ2) is 6.27. The summed E-state index contributed by atoms with van der Waals surface area (Å²) in [7, 11) is 0. The topological polar surface area (TPSA) is 26.0 Å².